The van der Waals surface area contributed by atoms with Crippen molar-refractivity contribution < 1.29 is 14.6 Å². The summed E-state index contributed by atoms with van der Waals surface area (Å²) in [6.45, 7) is 4.27. The van der Waals surface area contributed by atoms with Gasteiger partial charge in [-0.3, -0.25) is 0 Å². The summed E-state index contributed by atoms with van der Waals surface area (Å²) in [5, 5.41) is 13.7. The molecule has 1 rings (SSSR count). The van der Waals surface area contributed by atoms with Crippen LogP contribution in [0.25, 0.3) is 0 Å². The number of aliphatic hydroxyl groups is 1. The number of thioether (sulfide) groups is 1. The van der Waals surface area contributed by atoms with Gasteiger partial charge in [-0.25, -0.2) is 9.48 Å². The number of nitrogens with zero attached hydrogens (tertiary/aromatic N) is 2. The molecular weight excluding hydrogens is 254 g/mol. The van der Waals surface area contributed by atoms with E-state index in [1.54, 1.807) is 6.92 Å². The monoisotopic (exact) mass is 273 g/mol. The van der Waals surface area contributed by atoms with Crippen molar-refractivity contribution in [2.24, 2.45) is 0 Å². The number of nitrogen functional groups attached to an aromatic ring is 1. The predicted molar refractivity (Wildman–Crippen MR) is 70.7 cm³/mol. The predicted octanol–water partition coefficient (Wildman–Crippen LogP) is 1.14. The Labute approximate surface area is 110 Å². The summed E-state index contributed by atoms with van der Waals surface area (Å²) >= 11 is 1.47. The number of esters is 1. The van der Waals surface area contributed by atoms with Crippen LogP contribution in [0.3, 0.4) is 0 Å². The van der Waals surface area contributed by atoms with E-state index >= 15 is 0 Å². The molecule has 18 heavy (non-hydrogen) atoms. The average Bonchev–Trinajstić information content (AvgIpc) is 2.64. The first-order chi connectivity index (χ1) is 8.65. The topological polar surface area (TPSA) is 90.4 Å². The van der Waals surface area contributed by atoms with Gasteiger partial charge in [0, 0.05) is 0 Å². The van der Waals surface area contributed by atoms with Crippen LogP contribution in [0.1, 0.15) is 30.6 Å². The van der Waals surface area contributed by atoms with Crippen LogP contribution < -0.4 is 5.73 Å². The molecule has 0 aliphatic heterocycles. The second kappa shape index (κ2) is 7.27. The zero-order valence-corrected chi connectivity index (χ0v) is 11.5. The molecule has 0 aliphatic carbocycles. The third-order valence-electron chi connectivity index (χ3n) is 2.19. The molecule has 1 aromatic rings. The summed E-state index contributed by atoms with van der Waals surface area (Å²) in [7, 11) is 0. The summed E-state index contributed by atoms with van der Waals surface area (Å²) in [5.41, 5.74) is 6.18. The van der Waals surface area contributed by atoms with Crippen LogP contribution in [0.4, 0.5) is 5.82 Å². The fourth-order valence-electron chi connectivity index (χ4n) is 1.41. The summed E-state index contributed by atoms with van der Waals surface area (Å²) in [6.07, 6.45) is 0.972. The molecule has 0 unspecified atom stereocenters. The highest BCUT2D eigenvalue weighted by Gasteiger charge is 2.23. The molecule has 0 aliphatic rings. The molecular formula is C11H19N3O3S. The van der Waals surface area contributed by atoms with Gasteiger partial charge in [-0.15, -0.1) is 11.8 Å². The third-order valence-corrected chi connectivity index (χ3v) is 3.37. The number of anilines is 1. The molecule has 6 nitrogen and oxygen atoms in total. The Balaban J connectivity index is 3.05. The largest absolute Gasteiger partial charge is 0.462 e. The number of aliphatic hydroxyl groups excluding tert-OH is 1. The Hall–Kier alpha value is -1.21. The van der Waals surface area contributed by atoms with Gasteiger partial charge in [-0.1, -0.05) is 6.92 Å². The van der Waals surface area contributed by atoms with E-state index in [1.807, 2.05) is 6.92 Å². The second-order valence-corrected chi connectivity index (χ2v) is 4.66. The number of carbonyl (C=O) groups is 1. The third kappa shape index (κ3) is 3.39. The number of nitrogens with two attached hydrogens (primary N) is 1. The second-order valence-electron chi connectivity index (χ2n) is 3.58. The highest BCUT2D eigenvalue weighted by Crippen LogP contribution is 2.27. The molecule has 0 aromatic carbocycles. The summed E-state index contributed by atoms with van der Waals surface area (Å²) in [6, 6.07) is 0. The molecule has 3 N–H and O–H groups in total. The Bertz CT molecular complexity index is 406. The molecule has 7 heteroatoms. The lowest BCUT2D eigenvalue weighted by Crippen LogP contribution is -2.11. The first-order valence-electron chi connectivity index (χ1n) is 5.92. The van der Waals surface area contributed by atoms with E-state index in [9.17, 15) is 4.79 Å². The van der Waals surface area contributed by atoms with Crippen LogP contribution in [0.2, 0.25) is 0 Å². The van der Waals surface area contributed by atoms with Crippen LogP contribution >= 0.6 is 11.8 Å². The van der Waals surface area contributed by atoms with Crippen molar-refractivity contribution in [2.75, 3.05) is 24.7 Å². The van der Waals surface area contributed by atoms with E-state index in [4.69, 9.17) is 15.6 Å². The van der Waals surface area contributed by atoms with Gasteiger partial charge in [0.1, 0.15) is 16.4 Å². The normalized spacial score (nSPS) is 10.6. The highest BCUT2D eigenvalue weighted by atomic mass is 32.2. The minimum atomic E-state index is -0.460. The molecule has 1 heterocycles. The number of hydrogen-bond acceptors (Lipinski definition) is 6. The van der Waals surface area contributed by atoms with E-state index in [0.717, 1.165) is 12.2 Å². The first-order valence-corrected chi connectivity index (χ1v) is 6.91. The van der Waals surface area contributed by atoms with Crippen LogP contribution in [0.5, 0.6) is 0 Å². The maximum Gasteiger partial charge on any atom is 0.344 e. The number of aromatic nitrogens is 2. The number of ether oxygens (including phenoxy) is 1. The summed E-state index contributed by atoms with van der Waals surface area (Å²) < 4.78 is 6.41. The Morgan fingerprint density at radius 1 is 1.56 bits per heavy atom. The van der Waals surface area contributed by atoms with Gasteiger partial charge in [-0.05, 0) is 19.1 Å². The molecule has 102 valence electrons. The Kier molecular flexibility index (Phi) is 6.00. The van der Waals surface area contributed by atoms with E-state index in [0.29, 0.717) is 17.2 Å². The molecule has 1 aromatic heterocycles. The van der Waals surface area contributed by atoms with Crippen molar-refractivity contribution in [2.45, 2.75) is 31.8 Å². The average molecular weight is 273 g/mol. The van der Waals surface area contributed by atoms with Gasteiger partial charge in [0.15, 0.2) is 0 Å². The van der Waals surface area contributed by atoms with Crippen LogP contribution in [0.15, 0.2) is 5.03 Å². The van der Waals surface area contributed by atoms with Crippen LogP contribution in [0, 0.1) is 0 Å². The molecule has 0 saturated heterocycles. The number of rotatable bonds is 7. The van der Waals surface area contributed by atoms with Crippen molar-refractivity contribution in [3.05, 3.63) is 5.56 Å². The number of carbonyl (C=O) groups excluding carboxylic acids is 1. The molecule has 0 bridgehead atoms. The minimum absolute atomic E-state index is 0.0774. The minimum Gasteiger partial charge on any atom is -0.462 e. The van der Waals surface area contributed by atoms with Crippen molar-refractivity contribution in [1.29, 1.82) is 0 Å². The molecule has 0 atom stereocenters. The van der Waals surface area contributed by atoms with Crippen molar-refractivity contribution in [3.8, 4) is 0 Å². The lowest BCUT2D eigenvalue weighted by molar-refractivity contribution is 0.0523. The summed E-state index contributed by atoms with van der Waals surface area (Å²) in [4.78, 5) is 11.8. The fraction of sp³-hybridized carbons (Fsp3) is 0.636. The highest BCUT2D eigenvalue weighted by molar-refractivity contribution is 7.99. The van der Waals surface area contributed by atoms with Gasteiger partial charge in [0.05, 0.1) is 19.8 Å². The Morgan fingerprint density at radius 2 is 2.28 bits per heavy atom. The van der Waals surface area contributed by atoms with Gasteiger partial charge in [0.25, 0.3) is 0 Å². The van der Waals surface area contributed by atoms with E-state index in [1.165, 1.54) is 16.4 Å². The lowest BCUT2D eigenvalue weighted by atomic mass is 10.3. The first kappa shape index (κ1) is 14.8. The summed E-state index contributed by atoms with van der Waals surface area (Å²) in [5.74, 6) is 0.640. The van der Waals surface area contributed by atoms with E-state index in [-0.39, 0.29) is 19.0 Å². The molecule has 0 saturated carbocycles. The standard InChI is InChI=1S/C11H19N3O3S/c1-3-7-18-10-8(11(16)17-4-2)9(12)14(13-10)5-6-15/h15H,3-7,12H2,1-2H3. The molecule has 0 amide bonds. The van der Waals surface area contributed by atoms with E-state index < -0.39 is 5.97 Å². The van der Waals surface area contributed by atoms with E-state index in [2.05, 4.69) is 5.10 Å². The SMILES string of the molecule is CCCSc1nn(CCO)c(N)c1C(=O)OCC. The Morgan fingerprint density at radius 3 is 2.83 bits per heavy atom. The molecule has 0 fully saturated rings. The maximum absolute atomic E-state index is 11.8. The van der Waals surface area contributed by atoms with Gasteiger partial charge < -0.3 is 15.6 Å². The molecule has 0 spiro atoms. The maximum atomic E-state index is 11.8. The van der Waals surface area contributed by atoms with Gasteiger partial charge in [-0.2, -0.15) is 5.10 Å². The van der Waals surface area contributed by atoms with Crippen LogP contribution in [-0.4, -0.2) is 39.8 Å². The fourth-order valence-corrected chi connectivity index (χ4v) is 2.30. The zero-order valence-electron chi connectivity index (χ0n) is 10.7. The number of hydrogen-bond donors (Lipinski definition) is 2. The van der Waals surface area contributed by atoms with Crippen molar-refractivity contribution in [3.63, 3.8) is 0 Å². The van der Waals surface area contributed by atoms with Gasteiger partial charge in [0.2, 0.25) is 0 Å². The zero-order chi connectivity index (χ0) is 13.5. The van der Waals surface area contributed by atoms with Gasteiger partial charge >= 0.3 is 5.97 Å². The lowest BCUT2D eigenvalue weighted by Gasteiger charge is -2.03. The quantitative estimate of drug-likeness (QED) is 0.572. The van der Waals surface area contributed by atoms with Crippen LogP contribution in [-0.2, 0) is 11.3 Å². The van der Waals surface area contributed by atoms with Crippen molar-refractivity contribution in [1.82, 2.24) is 9.78 Å². The smallest absolute Gasteiger partial charge is 0.344 e. The molecule has 0 radical (unpaired) electrons. The van der Waals surface area contributed by atoms with Crippen molar-refractivity contribution >= 4 is 23.5 Å².